The van der Waals surface area contributed by atoms with Crippen LogP contribution in [0.3, 0.4) is 0 Å². The van der Waals surface area contributed by atoms with Crippen LogP contribution < -0.4 is 11.1 Å². The SMILES string of the molecule is Cc1cccc(C)c1NC(=O)CN1CCN(C(=O)c2cnc(N)cn2)CC1. The average molecular weight is 368 g/mol. The van der Waals surface area contributed by atoms with Gasteiger partial charge in [-0.3, -0.25) is 14.5 Å². The second kappa shape index (κ2) is 8.13. The van der Waals surface area contributed by atoms with Gasteiger partial charge >= 0.3 is 0 Å². The molecule has 8 heteroatoms. The zero-order valence-electron chi connectivity index (χ0n) is 15.6. The third-order valence-electron chi connectivity index (χ3n) is 4.66. The van der Waals surface area contributed by atoms with E-state index in [1.807, 2.05) is 36.9 Å². The predicted molar refractivity (Wildman–Crippen MR) is 103 cm³/mol. The van der Waals surface area contributed by atoms with Gasteiger partial charge in [-0.2, -0.15) is 0 Å². The van der Waals surface area contributed by atoms with Crippen molar-refractivity contribution in [1.29, 1.82) is 0 Å². The number of carbonyl (C=O) groups excluding carboxylic acids is 2. The molecule has 0 spiro atoms. The Kier molecular flexibility index (Phi) is 5.66. The Labute approximate surface area is 158 Å². The summed E-state index contributed by atoms with van der Waals surface area (Å²) in [7, 11) is 0. The molecule has 1 aromatic heterocycles. The van der Waals surface area contributed by atoms with Crippen molar-refractivity contribution in [2.45, 2.75) is 13.8 Å². The molecule has 1 saturated heterocycles. The summed E-state index contributed by atoms with van der Waals surface area (Å²) in [6.45, 7) is 6.61. The van der Waals surface area contributed by atoms with Gasteiger partial charge < -0.3 is 16.0 Å². The molecule has 142 valence electrons. The van der Waals surface area contributed by atoms with Gasteiger partial charge in [0.15, 0.2) is 0 Å². The summed E-state index contributed by atoms with van der Waals surface area (Å²) in [6.07, 6.45) is 2.77. The molecular formula is C19H24N6O2. The summed E-state index contributed by atoms with van der Waals surface area (Å²) in [5.74, 6) is 0.0741. The largest absolute Gasteiger partial charge is 0.382 e. The lowest BCUT2D eigenvalue weighted by Crippen LogP contribution is -2.50. The third-order valence-corrected chi connectivity index (χ3v) is 4.66. The maximum atomic E-state index is 12.4. The van der Waals surface area contributed by atoms with Crippen molar-refractivity contribution in [2.24, 2.45) is 0 Å². The minimum atomic E-state index is -0.165. The highest BCUT2D eigenvalue weighted by atomic mass is 16.2. The van der Waals surface area contributed by atoms with Gasteiger partial charge in [-0.15, -0.1) is 0 Å². The van der Waals surface area contributed by atoms with E-state index >= 15 is 0 Å². The van der Waals surface area contributed by atoms with Gasteiger partial charge in [0.25, 0.3) is 5.91 Å². The van der Waals surface area contributed by atoms with E-state index in [1.54, 1.807) is 4.90 Å². The van der Waals surface area contributed by atoms with E-state index in [2.05, 4.69) is 15.3 Å². The lowest BCUT2D eigenvalue weighted by molar-refractivity contribution is -0.117. The minimum absolute atomic E-state index is 0.0448. The van der Waals surface area contributed by atoms with E-state index in [4.69, 9.17) is 5.73 Å². The van der Waals surface area contributed by atoms with Crippen LogP contribution in [0.1, 0.15) is 21.6 Å². The van der Waals surface area contributed by atoms with E-state index in [0.717, 1.165) is 16.8 Å². The molecule has 2 amide bonds. The Morgan fingerprint density at radius 1 is 1.07 bits per heavy atom. The summed E-state index contributed by atoms with van der Waals surface area (Å²) >= 11 is 0. The normalized spacial score (nSPS) is 14.8. The Balaban J connectivity index is 1.51. The van der Waals surface area contributed by atoms with Crippen LogP contribution >= 0.6 is 0 Å². The molecule has 0 atom stereocenters. The molecule has 1 fully saturated rings. The number of nitrogen functional groups attached to an aromatic ring is 1. The Bertz CT molecular complexity index is 808. The molecular weight excluding hydrogens is 344 g/mol. The van der Waals surface area contributed by atoms with E-state index in [0.29, 0.717) is 32.7 Å². The Morgan fingerprint density at radius 2 is 1.74 bits per heavy atom. The Hall–Kier alpha value is -3.00. The van der Waals surface area contributed by atoms with Gasteiger partial charge in [-0.05, 0) is 25.0 Å². The summed E-state index contributed by atoms with van der Waals surface area (Å²) < 4.78 is 0. The fraction of sp³-hybridized carbons (Fsp3) is 0.368. The number of benzene rings is 1. The number of amides is 2. The zero-order chi connectivity index (χ0) is 19.4. The van der Waals surface area contributed by atoms with Gasteiger partial charge in [0.1, 0.15) is 11.5 Å². The van der Waals surface area contributed by atoms with Crippen LogP contribution in [0.25, 0.3) is 0 Å². The van der Waals surface area contributed by atoms with Crippen molar-refractivity contribution in [3.63, 3.8) is 0 Å². The number of para-hydroxylation sites is 1. The number of rotatable bonds is 4. The molecule has 27 heavy (non-hydrogen) atoms. The molecule has 0 bridgehead atoms. The van der Waals surface area contributed by atoms with E-state index in [-0.39, 0.29) is 23.3 Å². The van der Waals surface area contributed by atoms with Crippen molar-refractivity contribution in [2.75, 3.05) is 43.8 Å². The fourth-order valence-corrected chi connectivity index (χ4v) is 3.11. The molecule has 0 unspecified atom stereocenters. The summed E-state index contributed by atoms with van der Waals surface area (Å²) in [6, 6.07) is 5.93. The average Bonchev–Trinajstić information content (AvgIpc) is 2.65. The first-order valence-electron chi connectivity index (χ1n) is 8.89. The number of hydrogen-bond donors (Lipinski definition) is 2. The number of nitrogens with one attached hydrogen (secondary N) is 1. The highest BCUT2D eigenvalue weighted by Crippen LogP contribution is 2.19. The third kappa shape index (κ3) is 4.59. The molecule has 3 N–H and O–H groups in total. The molecule has 0 saturated carbocycles. The molecule has 1 aromatic carbocycles. The zero-order valence-corrected chi connectivity index (χ0v) is 15.6. The number of aromatic nitrogens is 2. The Morgan fingerprint density at radius 3 is 2.33 bits per heavy atom. The standard InChI is InChI=1S/C19H24N6O2/c1-13-4-3-5-14(2)18(13)23-17(26)12-24-6-8-25(9-7-24)19(27)15-10-22-16(20)11-21-15/h3-5,10-11H,6-9,12H2,1-2H3,(H2,20,22)(H,23,26). The fourth-order valence-electron chi connectivity index (χ4n) is 3.11. The number of aryl methyl sites for hydroxylation is 2. The quantitative estimate of drug-likeness (QED) is 0.837. The first-order chi connectivity index (χ1) is 12.9. The highest BCUT2D eigenvalue weighted by Gasteiger charge is 2.24. The molecule has 8 nitrogen and oxygen atoms in total. The second-order valence-electron chi connectivity index (χ2n) is 6.71. The molecule has 0 radical (unpaired) electrons. The lowest BCUT2D eigenvalue weighted by Gasteiger charge is -2.34. The van der Waals surface area contributed by atoms with Crippen LogP contribution in [0.2, 0.25) is 0 Å². The number of nitrogens with zero attached hydrogens (tertiary/aromatic N) is 4. The predicted octanol–water partition coefficient (Wildman–Crippen LogP) is 1.07. The van der Waals surface area contributed by atoms with Crippen molar-refractivity contribution in [3.8, 4) is 0 Å². The van der Waals surface area contributed by atoms with E-state index < -0.39 is 0 Å². The number of piperazine rings is 1. The van der Waals surface area contributed by atoms with Gasteiger partial charge in [0.2, 0.25) is 5.91 Å². The number of carbonyl (C=O) groups is 2. The number of nitrogens with two attached hydrogens (primary N) is 1. The van der Waals surface area contributed by atoms with Gasteiger partial charge in [0, 0.05) is 31.9 Å². The van der Waals surface area contributed by atoms with Gasteiger partial charge in [-0.1, -0.05) is 18.2 Å². The minimum Gasteiger partial charge on any atom is -0.382 e. The molecule has 1 aliphatic heterocycles. The van der Waals surface area contributed by atoms with Crippen LogP contribution in [0, 0.1) is 13.8 Å². The molecule has 0 aliphatic carbocycles. The van der Waals surface area contributed by atoms with Crippen molar-refractivity contribution >= 4 is 23.3 Å². The van der Waals surface area contributed by atoms with E-state index in [9.17, 15) is 9.59 Å². The summed E-state index contributed by atoms with van der Waals surface area (Å²) in [5.41, 5.74) is 8.75. The smallest absolute Gasteiger partial charge is 0.274 e. The van der Waals surface area contributed by atoms with Crippen LogP contribution in [-0.4, -0.2) is 64.3 Å². The summed E-state index contributed by atoms with van der Waals surface area (Å²) in [5, 5.41) is 3.00. The first-order valence-corrected chi connectivity index (χ1v) is 8.89. The number of hydrogen-bond acceptors (Lipinski definition) is 6. The molecule has 3 rings (SSSR count). The van der Waals surface area contributed by atoms with E-state index in [1.165, 1.54) is 12.4 Å². The first kappa shape index (κ1) is 18.8. The highest BCUT2D eigenvalue weighted by molar-refractivity contribution is 5.94. The van der Waals surface area contributed by atoms with Gasteiger partial charge in [0.05, 0.1) is 18.9 Å². The monoisotopic (exact) mass is 368 g/mol. The maximum absolute atomic E-state index is 12.4. The van der Waals surface area contributed by atoms with Gasteiger partial charge in [-0.25, -0.2) is 9.97 Å². The van der Waals surface area contributed by atoms with Crippen molar-refractivity contribution < 1.29 is 9.59 Å². The second-order valence-corrected chi connectivity index (χ2v) is 6.71. The number of anilines is 2. The molecule has 2 aromatic rings. The lowest BCUT2D eigenvalue weighted by atomic mass is 10.1. The summed E-state index contributed by atoms with van der Waals surface area (Å²) in [4.78, 5) is 36.5. The van der Waals surface area contributed by atoms with Crippen molar-refractivity contribution in [1.82, 2.24) is 19.8 Å². The molecule has 1 aliphatic rings. The van der Waals surface area contributed by atoms with Crippen LogP contribution in [0.4, 0.5) is 11.5 Å². The maximum Gasteiger partial charge on any atom is 0.274 e. The van der Waals surface area contributed by atoms with Crippen LogP contribution in [0.5, 0.6) is 0 Å². The molecule has 2 heterocycles. The topological polar surface area (TPSA) is 104 Å². The van der Waals surface area contributed by atoms with Crippen LogP contribution in [-0.2, 0) is 4.79 Å². The van der Waals surface area contributed by atoms with Crippen molar-refractivity contribution in [3.05, 3.63) is 47.4 Å². The van der Waals surface area contributed by atoms with Crippen LogP contribution in [0.15, 0.2) is 30.6 Å².